The zero-order valence-electron chi connectivity index (χ0n) is 11.6. The Morgan fingerprint density at radius 2 is 1.89 bits per heavy atom. The van der Waals surface area contributed by atoms with Crippen LogP contribution in [-0.4, -0.2) is 16.9 Å². The third kappa shape index (κ3) is 4.36. The molecule has 0 amide bonds. The minimum absolute atomic E-state index is 0.144. The molecule has 0 spiro atoms. The van der Waals surface area contributed by atoms with Crippen LogP contribution in [-0.2, 0) is 4.79 Å². The molecule has 1 saturated carbocycles. The Hall–Kier alpha value is -1.90. The molecule has 2 rings (SSSR count). The first-order valence-electron chi connectivity index (χ1n) is 6.64. The van der Waals surface area contributed by atoms with Crippen molar-refractivity contribution in [3.63, 3.8) is 0 Å². The summed E-state index contributed by atoms with van der Waals surface area (Å²) in [5.41, 5.74) is 2.00. The van der Waals surface area contributed by atoms with Gasteiger partial charge in [0.2, 0.25) is 0 Å². The summed E-state index contributed by atoms with van der Waals surface area (Å²) in [5.74, 6) is -0.604. The Morgan fingerprint density at radius 3 is 2.42 bits per heavy atom. The van der Waals surface area contributed by atoms with Crippen molar-refractivity contribution in [3.05, 3.63) is 41.0 Å². The lowest BCUT2D eigenvalue weighted by Crippen LogP contribution is -1.98. The predicted molar refractivity (Wildman–Crippen MR) is 76.3 cm³/mol. The van der Waals surface area contributed by atoms with Crippen LogP contribution in [0.1, 0.15) is 48.2 Å². The van der Waals surface area contributed by atoms with Gasteiger partial charge in [-0.15, -0.1) is 0 Å². The summed E-state index contributed by atoms with van der Waals surface area (Å²) in [6.07, 6.45) is 5.24. The fourth-order valence-electron chi connectivity index (χ4n) is 1.63. The zero-order valence-corrected chi connectivity index (χ0v) is 11.6. The monoisotopic (exact) mass is 260 g/mol. The fourth-order valence-corrected chi connectivity index (χ4v) is 1.63. The van der Waals surface area contributed by atoms with Crippen LogP contribution in [0.25, 0.3) is 6.08 Å². The number of carbonyl (C=O) groups is 2. The molecular weight excluding hydrogens is 240 g/mol. The Labute approximate surface area is 114 Å². The average Bonchev–Trinajstić information content (AvgIpc) is 3.24. The molecule has 0 atom stereocenters. The van der Waals surface area contributed by atoms with Gasteiger partial charge >= 0.3 is 5.97 Å². The quantitative estimate of drug-likeness (QED) is 0.839. The highest BCUT2D eigenvalue weighted by molar-refractivity contribution is 5.97. The minimum atomic E-state index is -0.951. The lowest BCUT2D eigenvalue weighted by atomic mass is 10.0. The Kier molecular flexibility index (Phi) is 5.49. The van der Waals surface area contributed by atoms with Crippen molar-refractivity contribution in [1.82, 2.24) is 0 Å². The van der Waals surface area contributed by atoms with Crippen LogP contribution < -0.4 is 0 Å². The van der Waals surface area contributed by atoms with Crippen LogP contribution in [0, 0.1) is 12.8 Å². The highest BCUT2D eigenvalue weighted by Gasteiger charge is 2.27. The van der Waals surface area contributed by atoms with Crippen LogP contribution in [0.2, 0.25) is 0 Å². The summed E-state index contributed by atoms with van der Waals surface area (Å²) in [5, 5.41) is 8.88. The van der Waals surface area contributed by atoms with Crippen molar-refractivity contribution < 1.29 is 14.7 Å². The molecule has 1 N–H and O–H groups in total. The van der Waals surface area contributed by atoms with Gasteiger partial charge in [0.15, 0.2) is 5.78 Å². The molecule has 3 heteroatoms. The second kappa shape index (κ2) is 6.88. The van der Waals surface area contributed by atoms with E-state index < -0.39 is 5.97 Å². The van der Waals surface area contributed by atoms with Crippen molar-refractivity contribution in [3.8, 4) is 0 Å². The van der Waals surface area contributed by atoms with Crippen molar-refractivity contribution in [2.24, 2.45) is 5.92 Å². The maximum Gasteiger partial charge on any atom is 0.335 e. The molecule has 1 aromatic rings. The van der Waals surface area contributed by atoms with Crippen LogP contribution >= 0.6 is 0 Å². The highest BCUT2D eigenvalue weighted by atomic mass is 16.4. The summed E-state index contributed by atoms with van der Waals surface area (Å²) in [4.78, 5) is 22.3. The fraction of sp³-hybridized carbons (Fsp3) is 0.375. The molecule has 0 radical (unpaired) electrons. The molecular formula is C16H20O3. The summed E-state index contributed by atoms with van der Waals surface area (Å²) in [6.45, 7) is 5.90. The highest BCUT2D eigenvalue weighted by Crippen LogP contribution is 2.30. The first-order valence-corrected chi connectivity index (χ1v) is 6.64. The number of hydrogen-bond acceptors (Lipinski definition) is 2. The first-order chi connectivity index (χ1) is 9.08. The van der Waals surface area contributed by atoms with Gasteiger partial charge in [0.05, 0.1) is 5.56 Å². The van der Waals surface area contributed by atoms with E-state index in [2.05, 4.69) is 0 Å². The van der Waals surface area contributed by atoms with E-state index in [1.165, 1.54) is 0 Å². The molecule has 0 unspecified atom stereocenters. The van der Waals surface area contributed by atoms with E-state index in [0.29, 0.717) is 0 Å². The van der Waals surface area contributed by atoms with Gasteiger partial charge in [-0.3, -0.25) is 4.79 Å². The minimum Gasteiger partial charge on any atom is -0.478 e. The lowest BCUT2D eigenvalue weighted by molar-refractivity contribution is -0.115. The molecule has 0 heterocycles. The number of allylic oxidation sites excluding steroid dienone is 1. The van der Waals surface area contributed by atoms with E-state index in [1.807, 2.05) is 20.8 Å². The first kappa shape index (κ1) is 15.2. The molecule has 1 aliphatic rings. The molecule has 1 aliphatic carbocycles. The summed E-state index contributed by atoms with van der Waals surface area (Å²) in [7, 11) is 0. The van der Waals surface area contributed by atoms with Gasteiger partial charge in [-0.1, -0.05) is 26.0 Å². The number of hydrogen-bond donors (Lipinski definition) is 1. The Bertz CT molecular complexity index is 497. The van der Waals surface area contributed by atoms with Crippen LogP contribution in [0.15, 0.2) is 24.3 Å². The summed E-state index contributed by atoms with van der Waals surface area (Å²) < 4.78 is 0. The van der Waals surface area contributed by atoms with Crippen LogP contribution in [0.3, 0.4) is 0 Å². The number of carboxylic acids is 1. The number of benzene rings is 1. The van der Waals surface area contributed by atoms with Gasteiger partial charge in [0.25, 0.3) is 0 Å². The van der Waals surface area contributed by atoms with E-state index in [0.717, 1.165) is 24.0 Å². The zero-order chi connectivity index (χ0) is 14.4. The number of aryl methyl sites for hydroxylation is 1. The van der Waals surface area contributed by atoms with Gasteiger partial charge in [0, 0.05) is 5.92 Å². The van der Waals surface area contributed by atoms with E-state index in [4.69, 9.17) is 5.11 Å². The molecule has 0 saturated heterocycles. The SMILES string of the molecule is CC.Cc1ccc(C(=O)O)cc1/C=C\C(=O)C1CC1. The number of carboxylic acid groups (broad SMARTS) is 1. The molecule has 1 fully saturated rings. The molecule has 0 aromatic heterocycles. The molecule has 102 valence electrons. The molecule has 1 aromatic carbocycles. The second-order valence-electron chi connectivity index (χ2n) is 4.39. The average molecular weight is 260 g/mol. The van der Waals surface area contributed by atoms with Gasteiger partial charge in [-0.25, -0.2) is 4.79 Å². The van der Waals surface area contributed by atoms with Gasteiger partial charge in [0.1, 0.15) is 0 Å². The van der Waals surface area contributed by atoms with Gasteiger partial charge in [-0.2, -0.15) is 0 Å². The Balaban J connectivity index is 0.000000861. The van der Waals surface area contributed by atoms with Crippen LogP contribution in [0.4, 0.5) is 0 Å². The van der Waals surface area contributed by atoms with E-state index in [9.17, 15) is 9.59 Å². The van der Waals surface area contributed by atoms with E-state index in [-0.39, 0.29) is 17.3 Å². The van der Waals surface area contributed by atoms with Gasteiger partial charge in [-0.05, 0) is 49.1 Å². The normalized spacial score (nSPS) is 13.8. The van der Waals surface area contributed by atoms with E-state index >= 15 is 0 Å². The summed E-state index contributed by atoms with van der Waals surface area (Å²) >= 11 is 0. The number of carbonyl (C=O) groups excluding carboxylic acids is 1. The topological polar surface area (TPSA) is 54.4 Å². The molecule has 19 heavy (non-hydrogen) atoms. The summed E-state index contributed by atoms with van der Waals surface area (Å²) in [6, 6.07) is 4.91. The largest absolute Gasteiger partial charge is 0.478 e. The second-order valence-corrected chi connectivity index (χ2v) is 4.39. The van der Waals surface area contributed by atoms with Crippen LogP contribution in [0.5, 0.6) is 0 Å². The van der Waals surface area contributed by atoms with Crippen molar-refractivity contribution in [2.75, 3.05) is 0 Å². The van der Waals surface area contributed by atoms with Gasteiger partial charge < -0.3 is 5.11 Å². The van der Waals surface area contributed by atoms with Crippen molar-refractivity contribution >= 4 is 17.8 Å². The Morgan fingerprint density at radius 1 is 1.26 bits per heavy atom. The number of ketones is 1. The maximum absolute atomic E-state index is 11.5. The predicted octanol–water partition coefficient (Wildman–Crippen LogP) is 3.71. The molecule has 0 aliphatic heterocycles. The lowest BCUT2D eigenvalue weighted by Gasteiger charge is -2.02. The van der Waals surface area contributed by atoms with Crippen molar-refractivity contribution in [1.29, 1.82) is 0 Å². The third-order valence-corrected chi connectivity index (χ3v) is 2.93. The standard InChI is InChI=1S/C14H14O3.C2H6/c1-9-2-3-12(14(16)17)8-11(9)6-7-13(15)10-4-5-10;1-2/h2-3,6-8,10H,4-5H2,1H3,(H,16,17);1-2H3/b7-6-;. The smallest absolute Gasteiger partial charge is 0.335 e. The molecule has 3 nitrogen and oxygen atoms in total. The number of rotatable bonds is 4. The van der Waals surface area contributed by atoms with E-state index in [1.54, 1.807) is 30.4 Å². The third-order valence-electron chi connectivity index (χ3n) is 2.93. The maximum atomic E-state index is 11.5. The van der Waals surface area contributed by atoms with Crippen molar-refractivity contribution in [2.45, 2.75) is 33.6 Å². The molecule has 0 bridgehead atoms. The number of aromatic carboxylic acids is 1.